The number of benzene rings is 2. The Morgan fingerprint density at radius 3 is 2.72 bits per heavy atom. The lowest BCUT2D eigenvalue weighted by Gasteiger charge is -2.10. The van der Waals surface area contributed by atoms with Gasteiger partial charge in [0.1, 0.15) is 17.4 Å². The second-order valence-electron chi connectivity index (χ2n) is 7.98. The van der Waals surface area contributed by atoms with Crippen molar-refractivity contribution in [1.82, 2.24) is 19.1 Å². The second kappa shape index (κ2) is 10.1. The van der Waals surface area contributed by atoms with E-state index < -0.39 is 15.8 Å². The minimum atomic E-state index is -3.77. The van der Waals surface area contributed by atoms with Crippen molar-refractivity contribution in [2.45, 2.75) is 11.3 Å². The Hall–Kier alpha value is -3.80. The minimum Gasteiger partial charge on any atom is -0.508 e. The van der Waals surface area contributed by atoms with Gasteiger partial charge in [-0.15, -0.1) is 11.3 Å². The first-order valence-electron chi connectivity index (χ1n) is 11.1. The summed E-state index contributed by atoms with van der Waals surface area (Å²) in [7, 11) is -3.77. The number of anilines is 1. The largest absolute Gasteiger partial charge is 0.508 e. The quantitative estimate of drug-likeness (QED) is 0.241. The molecule has 0 aliphatic carbocycles. The lowest BCUT2D eigenvalue weighted by Crippen LogP contribution is -2.26. The van der Waals surface area contributed by atoms with Gasteiger partial charge in [-0.2, -0.15) is 0 Å². The number of halogens is 1. The van der Waals surface area contributed by atoms with Crippen LogP contribution >= 0.6 is 11.3 Å². The molecule has 0 atom stereocenters. The van der Waals surface area contributed by atoms with Gasteiger partial charge in [0.05, 0.1) is 16.3 Å². The monoisotopic (exact) mass is 523 g/mol. The molecule has 0 radical (unpaired) electrons. The normalized spacial score (nSPS) is 11.7. The molecule has 8 nitrogen and oxygen atoms in total. The van der Waals surface area contributed by atoms with Gasteiger partial charge in [-0.1, -0.05) is 18.2 Å². The summed E-state index contributed by atoms with van der Waals surface area (Å²) < 4.78 is 42.5. The number of aromatic hydroxyl groups is 1. The van der Waals surface area contributed by atoms with Crippen LogP contribution in [0.2, 0.25) is 0 Å². The topological polar surface area (TPSA) is 109 Å². The molecule has 11 heteroatoms. The molecule has 0 bridgehead atoms. The highest BCUT2D eigenvalue weighted by Crippen LogP contribution is 2.35. The maximum absolute atomic E-state index is 13.3. The van der Waals surface area contributed by atoms with Crippen molar-refractivity contribution in [2.75, 3.05) is 18.4 Å². The third-order valence-corrected chi connectivity index (χ3v) is 7.69. The number of fused-ring (bicyclic) bond motifs is 1. The molecule has 0 saturated heterocycles. The highest BCUT2D eigenvalue weighted by Gasteiger charge is 2.18. The molecule has 0 spiro atoms. The zero-order valence-corrected chi connectivity index (χ0v) is 20.6. The second-order valence-corrected chi connectivity index (χ2v) is 10.6. The molecule has 3 aromatic heterocycles. The highest BCUT2D eigenvalue weighted by atomic mass is 32.2. The summed E-state index contributed by atoms with van der Waals surface area (Å²) in [5, 5.41) is 15.1. The molecule has 5 rings (SSSR count). The van der Waals surface area contributed by atoms with E-state index in [1.165, 1.54) is 29.5 Å². The van der Waals surface area contributed by atoms with E-state index in [2.05, 4.69) is 15.0 Å². The van der Waals surface area contributed by atoms with Gasteiger partial charge in [-0.05, 0) is 48.9 Å². The minimum absolute atomic E-state index is 0.104. The maximum Gasteiger partial charge on any atom is 0.240 e. The molecule has 0 saturated carbocycles. The average molecular weight is 524 g/mol. The van der Waals surface area contributed by atoms with Crippen LogP contribution in [0.5, 0.6) is 5.75 Å². The number of aromatic nitrogens is 3. The molecule has 2 aromatic carbocycles. The number of phenols is 1. The Labute approximate surface area is 211 Å². The Morgan fingerprint density at radius 1 is 1.03 bits per heavy atom. The predicted octanol–water partition coefficient (Wildman–Crippen LogP) is 4.75. The smallest absolute Gasteiger partial charge is 0.240 e. The van der Waals surface area contributed by atoms with E-state index >= 15 is 0 Å². The average Bonchev–Trinajstić information content (AvgIpc) is 3.45. The number of nitrogens with one attached hydrogen (secondary N) is 2. The van der Waals surface area contributed by atoms with Crippen molar-refractivity contribution in [3.8, 4) is 28.3 Å². The summed E-state index contributed by atoms with van der Waals surface area (Å²) in [6, 6.07) is 15.7. The van der Waals surface area contributed by atoms with E-state index in [9.17, 15) is 17.9 Å². The van der Waals surface area contributed by atoms with E-state index in [4.69, 9.17) is 4.98 Å². The number of hydrogen-bond acceptors (Lipinski definition) is 7. The number of nitrogens with zero attached hydrogens (tertiary/aromatic N) is 3. The van der Waals surface area contributed by atoms with Gasteiger partial charge >= 0.3 is 0 Å². The molecule has 5 aromatic rings. The maximum atomic E-state index is 13.3. The van der Waals surface area contributed by atoms with Crippen LogP contribution in [0, 0.1) is 5.82 Å². The van der Waals surface area contributed by atoms with E-state index in [1.807, 2.05) is 34.2 Å². The van der Waals surface area contributed by atoms with Gasteiger partial charge in [0.2, 0.25) is 10.0 Å². The van der Waals surface area contributed by atoms with Crippen LogP contribution in [-0.2, 0) is 10.0 Å². The zero-order chi connectivity index (χ0) is 25.1. The van der Waals surface area contributed by atoms with Crippen LogP contribution in [-0.4, -0.2) is 41.0 Å². The molecular weight excluding hydrogens is 501 g/mol. The molecule has 36 heavy (non-hydrogen) atoms. The van der Waals surface area contributed by atoms with E-state index in [0.29, 0.717) is 18.8 Å². The molecule has 0 amide bonds. The third kappa shape index (κ3) is 5.08. The first kappa shape index (κ1) is 23.9. The number of hydrogen-bond donors (Lipinski definition) is 3. The van der Waals surface area contributed by atoms with Gasteiger partial charge in [-0.3, -0.25) is 4.40 Å². The molecule has 0 fully saturated rings. The van der Waals surface area contributed by atoms with Crippen LogP contribution in [0.3, 0.4) is 0 Å². The summed E-state index contributed by atoms with van der Waals surface area (Å²) in [5.41, 5.74) is 3.33. The van der Waals surface area contributed by atoms with Gasteiger partial charge in [0, 0.05) is 42.0 Å². The lowest BCUT2D eigenvalue weighted by atomic mass is 10.1. The van der Waals surface area contributed by atoms with Crippen LogP contribution < -0.4 is 10.0 Å². The number of imidazole rings is 1. The zero-order valence-electron chi connectivity index (χ0n) is 18.9. The highest BCUT2D eigenvalue weighted by molar-refractivity contribution is 7.89. The van der Waals surface area contributed by atoms with Crippen LogP contribution in [0.25, 0.3) is 27.5 Å². The summed E-state index contributed by atoms with van der Waals surface area (Å²) in [6.45, 7) is 0.660. The Kier molecular flexibility index (Phi) is 6.68. The van der Waals surface area contributed by atoms with Crippen molar-refractivity contribution >= 4 is 32.1 Å². The molecule has 0 unspecified atom stereocenters. The molecule has 3 heterocycles. The summed E-state index contributed by atoms with van der Waals surface area (Å²) in [5.74, 6) is 0.197. The van der Waals surface area contributed by atoms with Gasteiger partial charge < -0.3 is 10.4 Å². The number of phenolic OH excluding ortho intramolecular Hbond substituents is 1. The van der Waals surface area contributed by atoms with Crippen LogP contribution in [0.4, 0.5) is 10.2 Å². The van der Waals surface area contributed by atoms with Gasteiger partial charge in [-0.25, -0.2) is 27.5 Å². The van der Waals surface area contributed by atoms with Gasteiger partial charge in [0.15, 0.2) is 4.96 Å². The van der Waals surface area contributed by atoms with Crippen LogP contribution in [0.15, 0.2) is 83.3 Å². The first-order valence-corrected chi connectivity index (χ1v) is 13.5. The summed E-state index contributed by atoms with van der Waals surface area (Å²) in [6.07, 6.45) is 4.14. The molecule has 0 aliphatic rings. The standard InChI is InChI=1S/C25H22FN5O3S2/c26-19-5-2-7-21(16-19)36(33,34)29-10-3-9-27-22-15-18(8-11-28-22)24-23(17-4-1-6-20(32)14-17)30-25-31(24)12-13-35-25/h1-2,4-8,11-16,29,32H,3,9-10H2,(H,27,28). The predicted molar refractivity (Wildman–Crippen MR) is 138 cm³/mol. The number of thiazole rings is 1. The van der Waals surface area contributed by atoms with Crippen molar-refractivity contribution in [2.24, 2.45) is 0 Å². The van der Waals surface area contributed by atoms with E-state index in [1.54, 1.807) is 24.4 Å². The molecular formula is C25H22FN5O3S2. The van der Waals surface area contributed by atoms with Gasteiger partial charge in [0.25, 0.3) is 0 Å². The number of sulfonamides is 1. The van der Waals surface area contributed by atoms with Crippen molar-refractivity contribution in [3.05, 3.63) is 84.3 Å². The Morgan fingerprint density at radius 2 is 1.89 bits per heavy atom. The van der Waals surface area contributed by atoms with Crippen molar-refractivity contribution in [3.63, 3.8) is 0 Å². The first-order chi connectivity index (χ1) is 17.4. The van der Waals surface area contributed by atoms with Crippen molar-refractivity contribution < 1.29 is 17.9 Å². The third-order valence-electron chi connectivity index (χ3n) is 5.47. The molecule has 0 aliphatic heterocycles. The van der Waals surface area contributed by atoms with E-state index in [-0.39, 0.29) is 17.2 Å². The fraction of sp³-hybridized carbons (Fsp3) is 0.120. The molecule has 3 N–H and O–H groups in total. The number of pyridine rings is 1. The summed E-state index contributed by atoms with van der Waals surface area (Å²) in [4.78, 5) is 9.88. The lowest BCUT2D eigenvalue weighted by molar-refractivity contribution is 0.475. The SMILES string of the molecule is O=S(=O)(NCCCNc1cc(-c2c(-c3cccc(O)c3)nc3sccn23)ccn1)c1cccc(F)c1. The molecule has 184 valence electrons. The van der Waals surface area contributed by atoms with Crippen molar-refractivity contribution in [1.29, 1.82) is 0 Å². The Balaban J connectivity index is 1.28. The fourth-order valence-electron chi connectivity index (χ4n) is 3.82. The fourth-order valence-corrected chi connectivity index (χ4v) is 5.64. The Bertz CT molecular complexity index is 1630. The number of rotatable bonds is 9. The van der Waals surface area contributed by atoms with E-state index in [0.717, 1.165) is 33.5 Å². The van der Waals surface area contributed by atoms with Crippen LogP contribution in [0.1, 0.15) is 6.42 Å². The summed E-state index contributed by atoms with van der Waals surface area (Å²) >= 11 is 1.52.